The van der Waals surface area contributed by atoms with Crippen molar-refractivity contribution >= 4 is 33.2 Å². The van der Waals surface area contributed by atoms with Gasteiger partial charge in [-0.1, -0.05) is 38.1 Å². The maximum atomic E-state index is 12.6. The van der Waals surface area contributed by atoms with Crippen LogP contribution >= 0.6 is 0 Å². The van der Waals surface area contributed by atoms with Crippen LogP contribution in [0.15, 0.2) is 70.5 Å². The minimum Gasteiger partial charge on any atom is -0.378 e. The molecule has 6 heterocycles. The lowest BCUT2D eigenvalue weighted by Crippen LogP contribution is -2.40. The summed E-state index contributed by atoms with van der Waals surface area (Å²) < 4.78 is 16.9. The molecule has 1 saturated carbocycles. The fourth-order valence-corrected chi connectivity index (χ4v) is 7.07. The first kappa shape index (κ1) is 38.9. The number of hydrogen-bond donors (Lipinski definition) is 0. The van der Waals surface area contributed by atoms with Crippen LogP contribution in [0, 0.1) is 22.7 Å². The molecule has 9 rings (SSSR count). The monoisotopic (exact) mass is 770 g/mol. The van der Waals surface area contributed by atoms with Crippen LogP contribution in [0.1, 0.15) is 50.7 Å². The van der Waals surface area contributed by atoms with E-state index in [0.717, 1.165) is 45.8 Å². The summed E-state index contributed by atoms with van der Waals surface area (Å²) in [7, 11) is 3.30. The van der Waals surface area contributed by atoms with Crippen LogP contribution in [0.4, 0.5) is 11.4 Å². The largest absolute Gasteiger partial charge is 0.378 e. The summed E-state index contributed by atoms with van der Waals surface area (Å²) in [6.07, 6.45) is 5.33. The Balaban J connectivity index is 0.000000167. The number of nitrogens with zero attached hydrogens (tertiary/aromatic N) is 12. The highest BCUT2D eigenvalue weighted by atomic mass is 16.5. The van der Waals surface area contributed by atoms with Gasteiger partial charge in [0.15, 0.2) is 11.6 Å². The van der Waals surface area contributed by atoms with E-state index in [4.69, 9.17) is 9.47 Å². The van der Waals surface area contributed by atoms with Crippen molar-refractivity contribution < 1.29 is 9.47 Å². The number of anilines is 2. The van der Waals surface area contributed by atoms with Crippen LogP contribution in [0.5, 0.6) is 0 Å². The minimum atomic E-state index is -0.362. The number of hydrogen-bond acceptors (Lipinski definition) is 12. The summed E-state index contributed by atoms with van der Waals surface area (Å²) >= 11 is 0. The van der Waals surface area contributed by atoms with Crippen molar-refractivity contribution in [3.8, 4) is 23.8 Å². The Bertz CT molecular complexity index is 2610. The van der Waals surface area contributed by atoms with Gasteiger partial charge in [-0.05, 0) is 43.0 Å². The molecule has 6 aromatic rings. The summed E-state index contributed by atoms with van der Waals surface area (Å²) in [5.74, 6) is 0.933. The number of rotatable bonds is 6. The third-order valence-electron chi connectivity index (χ3n) is 10.6. The molecule has 0 amide bonds. The van der Waals surface area contributed by atoms with Crippen molar-refractivity contribution in [2.45, 2.75) is 44.9 Å². The van der Waals surface area contributed by atoms with Gasteiger partial charge in [0.2, 0.25) is 0 Å². The quantitative estimate of drug-likeness (QED) is 0.237. The van der Waals surface area contributed by atoms with Gasteiger partial charge in [0.05, 0.1) is 73.3 Å². The highest BCUT2D eigenvalue weighted by molar-refractivity contribution is 5.82. The number of aromatic nitrogens is 8. The fraction of sp³-hybridized carbons (Fsp3) is 0.415. The van der Waals surface area contributed by atoms with E-state index < -0.39 is 0 Å². The second-order valence-corrected chi connectivity index (χ2v) is 14.1. The molecule has 2 aliphatic heterocycles. The topological polar surface area (TPSA) is 178 Å². The number of morpholine rings is 2. The van der Waals surface area contributed by atoms with Crippen molar-refractivity contribution in [1.29, 1.82) is 10.5 Å². The van der Waals surface area contributed by atoms with Crippen LogP contribution < -0.4 is 20.9 Å². The summed E-state index contributed by atoms with van der Waals surface area (Å²) in [6.45, 7) is 11.0. The van der Waals surface area contributed by atoms with E-state index in [9.17, 15) is 20.1 Å². The second-order valence-electron chi connectivity index (χ2n) is 14.1. The molecule has 16 nitrogen and oxygen atoms in total. The predicted molar refractivity (Wildman–Crippen MR) is 216 cm³/mol. The zero-order valence-corrected chi connectivity index (χ0v) is 32.9. The molecule has 16 heteroatoms. The van der Waals surface area contributed by atoms with Crippen molar-refractivity contribution in [3.63, 3.8) is 0 Å². The van der Waals surface area contributed by atoms with E-state index in [0.29, 0.717) is 75.6 Å². The summed E-state index contributed by atoms with van der Waals surface area (Å²) in [6, 6.07) is 20.2. The van der Waals surface area contributed by atoms with Gasteiger partial charge in [-0.2, -0.15) is 20.7 Å². The Labute approximate surface area is 329 Å². The molecule has 0 N–H and O–H groups in total. The van der Waals surface area contributed by atoms with E-state index in [1.54, 1.807) is 48.0 Å². The first-order valence-electron chi connectivity index (χ1n) is 19.3. The molecule has 0 bridgehead atoms. The first-order valence-corrected chi connectivity index (χ1v) is 19.3. The standard InChI is InChI=1S/C20H20N6O2.C19H20N6O2.C2H6/c1-24-19(27)17(25-6-8-28-9-7-25)11-18(23-24)26-16-10-15(20(13-21)4-5-20)3-2-14(16)12-22-26;1-13(11-20)14-3-4-15-12-21-25(16(15)9-14)18-10-17(19(26)23(2)22-18)24-5-7-27-8-6-24;1-2/h2-3,10-12H,4-9H2,1H3;3-4,9-10,12-13H,5-8H2,1-2H3;1-2H3. The molecule has 294 valence electrons. The number of benzene rings is 2. The number of ether oxygens (including phenoxy) is 2. The molecule has 2 saturated heterocycles. The zero-order valence-electron chi connectivity index (χ0n) is 32.9. The van der Waals surface area contributed by atoms with Crippen LogP contribution in [-0.2, 0) is 29.0 Å². The lowest BCUT2D eigenvalue weighted by atomic mass is 9.97. The third kappa shape index (κ3) is 7.61. The smallest absolute Gasteiger partial charge is 0.290 e. The van der Waals surface area contributed by atoms with E-state index in [-0.39, 0.29) is 22.5 Å². The molecule has 3 fully saturated rings. The third-order valence-corrected chi connectivity index (χ3v) is 10.6. The maximum absolute atomic E-state index is 12.6. The SMILES string of the molecule is CC.CC(C#N)c1ccc2cnn(-c3cc(N4CCOCC4)c(=O)n(C)n3)c2c1.Cn1nc(-n2ncc3ccc(C4(C#N)CC4)cc32)cc(N2CCOCC2)c1=O. The zero-order chi connectivity index (χ0) is 40.3. The molecule has 1 unspecified atom stereocenters. The summed E-state index contributed by atoms with van der Waals surface area (Å²) in [5, 5.41) is 38.5. The minimum absolute atomic E-state index is 0.135. The molecule has 3 aliphatic rings. The summed E-state index contributed by atoms with van der Waals surface area (Å²) in [4.78, 5) is 29.3. The number of aryl methyl sites for hydroxylation is 2. The average Bonchev–Trinajstić information content (AvgIpc) is 3.77. The van der Waals surface area contributed by atoms with E-state index in [2.05, 4.69) is 32.5 Å². The van der Waals surface area contributed by atoms with Gasteiger partial charge >= 0.3 is 0 Å². The lowest BCUT2D eigenvalue weighted by Gasteiger charge is -2.28. The van der Waals surface area contributed by atoms with Crippen LogP contribution in [0.25, 0.3) is 33.4 Å². The van der Waals surface area contributed by atoms with Gasteiger partial charge in [-0.15, -0.1) is 10.2 Å². The highest BCUT2D eigenvalue weighted by Gasteiger charge is 2.45. The molecule has 0 radical (unpaired) electrons. The van der Waals surface area contributed by atoms with Crippen molar-refractivity contribution in [1.82, 2.24) is 39.1 Å². The second kappa shape index (κ2) is 16.4. The van der Waals surface area contributed by atoms with Gasteiger partial charge in [-0.25, -0.2) is 18.7 Å². The lowest BCUT2D eigenvalue weighted by molar-refractivity contribution is 0.122. The molecule has 1 atom stereocenters. The Hall–Kier alpha value is -6.36. The molecular formula is C41H46N12O4. The molecular weight excluding hydrogens is 725 g/mol. The average molecular weight is 771 g/mol. The first-order chi connectivity index (χ1) is 27.7. The maximum Gasteiger partial charge on any atom is 0.290 e. The van der Waals surface area contributed by atoms with Gasteiger partial charge in [0, 0.05) is 63.2 Å². The van der Waals surface area contributed by atoms with Crippen LogP contribution in [0.2, 0.25) is 0 Å². The van der Waals surface area contributed by atoms with Gasteiger partial charge in [-0.3, -0.25) is 9.59 Å². The van der Waals surface area contributed by atoms with Crippen molar-refractivity contribution in [3.05, 3.63) is 92.8 Å². The number of nitriles is 2. The Morgan fingerprint density at radius 2 is 1.18 bits per heavy atom. The van der Waals surface area contributed by atoms with Gasteiger partial charge < -0.3 is 19.3 Å². The Morgan fingerprint density at radius 3 is 1.63 bits per heavy atom. The van der Waals surface area contributed by atoms with E-state index in [1.165, 1.54) is 9.36 Å². The van der Waals surface area contributed by atoms with E-state index in [1.807, 2.05) is 67.0 Å². The fourth-order valence-electron chi connectivity index (χ4n) is 7.07. The molecule has 57 heavy (non-hydrogen) atoms. The Morgan fingerprint density at radius 1 is 0.702 bits per heavy atom. The molecule has 2 aromatic carbocycles. The predicted octanol–water partition coefficient (Wildman–Crippen LogP) is 4.12. The van der Waals surface area contributed by atoms with E-state index >= 15 is 0 Å². The van der Waals surface area contributed by atoms with Gasteiger partial charge in [0.25, 0.3) is 11.1 Å². The Kier molecular flexibility index (Phi) is 11.2. The molecule has 1 aliphatic carbocycles. The summed E-state index contributed by atoms with van der Waals surface area (Å²) in [5.41, 5.74) is 4.24. The number of fused-ring (bicyclic) bond motifs is 2. The van der Waals surface area contributed by atoms with Gasteiger partial charge in [0.1, 0.15) is 11.4 Å². The molecule has 4 aromatic heterocycles. The normalized spacial score (nSPS) is 16.5. The molecule has 0 spiro atoms. The van der Waals surface area contributed by atoms with Crippen molar-refractivity contribution in [2.75, 3.05) is 62.4 Å². The van der Waals surface area contributed by atoms with Crippen LogP contribution in [0.3, 0.4) is 0 Å². The highest BCUT2D eigenvalue weighted by Crippen LogP contribution is 2.48. The van der Waals surface area contributed by atoms with Crippen LogP contribution in [-0.4, -0.2) is 91.7 Å². The van der Waals surface area contributed by atoms with Crippen molar-refractivity contribution in [2.24, 2.45) is 14.1 Å².